The van der Waals surface area contributed by atoms with Crippen LogP contribution in [-0.2, 0) is 6.54 Å². The number of methoxy groups -OCH3 is 1. The first kappa shape index (κ1) is 13.4. The Hall–Kier alpha value is -1.71. The Morgan fingerprint density at radius 1 is 1.41 bits per heavy atom. The normalized spacial score (nSPS) is 10.2. The van der Waals surface area contributed by atoms with Crippen molar-refractivity contribution in [2.75, 3.05) is 14.2 Å². The van der Waals surface area contributed by atoms with Gasteiger partial charge in [0, 0.05) is 19.2 Å². The SMILES string of the molecule is CNC(=O)NCc1ccc(C(C)C)cc1OC. The first-order valence-electron chi connectivity index (χ1n) is 5.71. The van der Waals surface area contributed by atoms with Crippen molar-refractivity contribution in [3.63, 3.8) is 0 Å². The molecule has 0 aliphatic rings. The molecule has 4 heteroatoms. The van der Waals surface area contributed by atoms with Gasteiger partial charge in [-0.2, -0.15) is 0 Å². The van der Waals surface area contributed by atoms with Crippen LogP contribution in [0, 0.1) is 0 Å². The highest BCUT2D eigenvalue weighted by molar-refractivity contribution is 5.73. The molecule has 0 atom stereocenters. The summed E-state index contributed by atoms with van der Waals surface area (Å²) in [7, 11) is 3.23. The number of hydrogen-bond acceptors (Lipinski definition) is 2. The third kappa shape index (κ3) is 3.66. The monoisotopic (exact) mass is 236 g/mol. The highest BCUT2D eigenvalue weighted by Crippen LogP contribution is 2.24. The lowest BCUT2D eigenvalue weighted by Gasteiger charge is -2.13. The lowest BCUT2D eigenvalue weighted by Crippen LogP contribution is -2.32. The van der Waals surface area contributed by atoms with Crippen LogP contribution in [-0.4, -0.2) is 20.2 Å². The van der Waals surface area contributed by atoms with E-state index in [2.05, 4.69) is 30.5 Å². The van der Waals surface area contributed by atoms with Gasteiger partial charge in [-0.05, 0) is 17.5 Å². The molecule has 0 aliphatic heterocycles. The summed E-state index contributed by atoms with van der Waals surface area (Å²) in [4.78, 5) is 11.1. The zero-order chi connectivity index (χ0) is 12.8. The standard InChI is InChI=1S/C13H20N2O2/c1-9(2)10-5-6-11(12(7-10)17-4)8-15-13(16)14-3/h5-7,9H,8H2,1-4H3,(H2,14,15,16). The Kier molecular flexibility index (Phi) is 4.82. The molecule has 0 unspecified atom stereocenters. The van der Waals surface area contributed by atoms with Crippen LogP contribution in [0.3, 0.4) is 0 Å². The lowest BCUT2D eigenvalue weighted by atomic mass is 10.0. The molecule has 1 rings (SSSR count). The summed E-state index contributed by atoms with van der Waals surface area (Å²) in [5, 5.41) is 5.25. The van der Waals surface area contributed by atoms with Crippen LogP contribution >= 0.6 is 0 Å². The summed E-state index contributed by atoms with van der Waals surface area (Å²) < 4.78 is 5.33. The molecule has 0 heterocycles. The van der Waals surface area contributed by atoms with E-state index in [1.165, 1.54) is 5.56 Å². The highest BCUT2D eigenvalue weighted by Gasteiger charge is 2.07. The fraction of sp³-hybridized carbons (Fsp3) is 0.462. The Morgan fingerprint density at radius 2 is 2.12 bits per heavy atom. The zero-order valence-electron chi connectivity index (χ0n) is 10.8. The zero-order valence-corrected chi connectivity index (χ0v) is 10.8. The van der Waals surface area contributed by atoms with E-state index in [1.54, 1.807) is 14.2 Å². The third-order valence-electron chi connectivity index (χ3n) is 2.64. The Morgan fingerprint density at radius 3 is 2.65 bits per heavy atom. The maximum Gasteiger partial charge on any atom is 0.314 e. The fourth-order valence-electron chi connectivity index (χ4n) is 1.53. The van der Waals surface area contributed by atoms with Gasteiger partial charge < -0.3 is 15.4 Å². The average Bonchev–Trinajstić information content (AvgIpc) is 2.35. The summed E-state index contributed by atoms with van der Waals surface area (Å²) in [5.74, 6) is 1.28. The Labute approximate surface area is 102 Å². The lowest BCUT2D eigenvalue weighted by molar-refractivity contribution is 0.242. The minimum Gasteiger partial charge on any atom is -0.496 e. The van der Waals surface area contributed by atoms with Gasteiger partial charge in [0.25, 0.3) is 0 Å². The van der Waals surface area contributed by atoms with Gasteiger partial charge in [0.2, 0.25) is 0 Å². The summed E-state index contributed by atoms with van der Waals surface area (Å²) in [5.41, 5.74) is 2.20. The van der Waals surface area contributed by atoms with Crippen LogP contribution in [0.15, 0.2) is 18.2 Å². The molecule has 0 bridgehead atoms. The number of hydrogen-bond donors (Lipinski definition) is 2. The molecular weight excluding hydrogens is 216 g/mol. The molecule has 0 saturated heterocycles. The minimum atomic E-state index is -0.194. The van der Waals surface area contributed by atoms with Crippen LogP contribution < -0.4 is 15.4 Å². The number of ether oxygens (including phenoxy) is 1. The van der Waals surface area contributed by atoms with Crippen molar-refractivity contribution in [1.82, 2.24) is 10.6 Å². The molecule has 0 spiro atoms. The number of nitrogens with one attached hydrogen (secondary N) is 2. The number of amides is 2. The number of urea groups is 1. The smallest absolute Gasteiger partial charge is 0.314 e. The number of benzene rings is 1. The second kappa shape index (κ2) is 6.13. The second-order valence-corrected chi connectivity index (χ2v) is 4.16. The molecule has 1 aromatic carbocycles. The van der Waals surface area contributed by atoms with E-state index in [1.807, 2.05) is 12.1 Å². The van der Waals surface area contributed by atoms with Crippen LogP contribution in [0.5, 0.6) is 5.75 Å². The Bertz CT molecular complexity index is 389. The van der Waals surface area contributed by atoms with Gasteiger partial charge in [-0.25, -0.2) is 4.79 Å². The van der Waals surface area contributed by atoms with Crippen LogP contribution in [0.25, 0.3) is 0 Å². The van der Waals surface area contributed by atoms with E-state index in [4.69, 9.17) is 4.74 Å². The number of carbonyl (C=O) groups excluding carboxylic acids is 1. The summed E-state index contributed by atoms with van der Waals surface area (Å²) in [6.45, 7) is 4.73. The van der Waals surface area contributed by atoms with Crippen LogP contribution in [0.1, 0.15) is 30.9 Å². The van der Waals surface area contributed by atoms with Crippen molar-refractivity contribution < 1.29 is 9.53 Å². The predicted octanol–water partition coefficient (Wildman–Crippen LogP) is 2.25. The van der Waals surface area contributed by atoms with Crippen molar-refractivity contribution in [3.8, 4) is 5.75 Å². The molecule has 0 aromatic heterocycles. The largest absolute Gasteiger partial charge is 0.496 e. The Balaban J connectivity index is 2.81. The first-order chi connectivity index (χ1) is 8.08. The maximum atomic E-state index is 11.1. The van der Waals surface area contributed by atoms with E-state index in [-0.39, 0.29) is 6.03 Å². The molecule has 2 amide bonds. The second-order valence-electron chi connectivity index (χ2n) is 4.16. The average molecular weight is 236 g/mol. The third-order valence-corrected chi connectivity index (χ3v) is 2.64. The van der Waals surface area contributed by atoms with Gasteiger partial charge in [0.05, 0.1) is 7.11 Å². The summed E-state index contributed by atoms with van der Waals surface area (Å²) in [6.07, 6.45) is 0. The first-order valence-corrected chi connectivity index (χ1v) is 5.71. The van der Waals surface area contributed by atoms with Crippen molar-refractivity contribution >= 4 is 6.03 Å². The van der Waals surface area contributed by atoms with E-state index >= 15 is 0 Å². The van der Waals surface area contributed by atoms with Gasteiger partial charge in [-0.3, -0.25) is 0 Å². The van der Waals surface area contributed by atoms with Crippen molar-refractivity contribution in [2.24, 2.45) is 0 Å². The number of rotatable bonds is 4. The molecule has 0 fully saturated rings. The van der Waals surface area contributed by atoms with Crippen LogP contribution in [0.2, 0.25) is 0 Å². The molecule has 0 saturated carbocycles. The van der Waals surface area contributed by atoms with Crippen LogP contribution in [0.4, 0.5) is 4.79 Å². The molecule has 94 valence electrons. The summed E-state index contributed by atoms with van der Waals surface area (Å²) in [6, 6.07) is 5.88. The molecule has 17 heavy (non-hydrogen) atoms. The molecule has 0 radical (unpaired) electrons. The summed E-state index contributed by atoms with van der Waals surface area (Å²) >= 11 is 0. The van der Waals surface area contributed by atoms with Crippen molar-refractivity contribution in [1.29, 1.82) is 0 Å². The van der Waals surface area contributed by atoms with E-state index < -0.39 is 0 Å². The maximum absolute atomic E-state index is 11.1. The highest BCUT2D eigenvalue weighted by atomic mass is 16.5. The fourth-order valence-corrected chi connectivity index (χ4v) is 1.53. The van der Waals surface area contributed by atoms with Crippen molar-refractivity contribution in [3.05, 3.63) is 29.3 Å². The van der Waals surface area contributed by atoms with E-state index in [0.29, 0.717) is 12.5 Å². The molecule has 0 aliphatic carbocycles. The van der Waals surface area contributed by atoms with E-state index in [9.17, 15) is 4.79 Å². The van der Waals surface area contributed by atoms with Gasteiger partial charge in [0.15, 0.2) is 0 Å². The molecule has 2 N–H and O–H groups in total. The van der Waals surface area contributed by atoms with Gasteiger partial charge in [0.1, 0.15) is 5.75 Å². The van der Waals surface area contributed by atoms with Crippen molar-refractivity contribution in [2.45, 2.75) is 26.3 Å². The van der Waals surface area contributed by atoms with E-state index in [0.717, 1.165) is 11.3 Å². The van der Waals surface area contributed by atoms with Gasteiger partial charge in [-0.15, -0.1) is 0 Å². The molecule has 1 aromatic rings. The van der Waals surface area contributed by atoms with Gasteiger partial charge >= 0.3 is 6.03 Å². The number of carbonyl (C=O) groups is 1. The molecular formula is C13H20N2O2. The van der Waals surface area contributed by atoms with Gasteiger partial charge in [-0.1, -0.05) is 26.0 Å². The topological polar surface area (TPSA) is 50.4 Å². The minimum absolute atomic E-state index is 0.194. The molecule has 4 nitrogen and oxygen atoms in total. The predicted molar refractivity (Wildman–Crippen MR) is 68.4 cm³/mol. The quantitative estimate of drug-likeness (QED) is 0.842.